The van der Waals surface area contributed by atoms with Gasteiger partial charge in [-0.1, -0.05) is 43.4 Å². The average molecular weight is 314 g/mol. The molecule has 0 radical (unpaired) electrons. The molecule has 0 atom stereocenters. The number of rotatable bonds is 4. The Morgan fingerprint density at radius 2 is 1.95 bits per heavy atom. The van der Waals surface area contributed by atoms with Crippen LogP contribution in [0.15, 0.2) is 18.2 Å². The van der Waals surface area contributed by atoms with Crippen molar-refractivity contribution in [2.24, 2.45) is 0 Å². The molecule has 2 rings (SSSR count). The van der Waals surface area contributed by atoms with Crippen LogP contribution in [0.1, 0.15) is 44.1 Å². The third kappa shape index (κ3) is 4.68. The van der Waals surface area contributed by atoms with Crippen LogP contribution in [-0.4, -0.2) is 23.2 Å². The molecule has 1 fully saturated rings. The highest BCUT2D eigenvalue weighted by Crippen LogP contribution is 2.26. The number of aliphatic hydroxyl groups is 1. The lowest BCUT2D eigenvalue weighted by Crippen LogP contribution is -2.43. The molecule has 0 aliphatic heterocycles. The molecule has 21 heavy (non-hydrogen) atoms. The number of carbonyl (C=O) groups excluding carboxylic acids is 1. The Hall–Kier alpha value is -1.13. The van der Waals surface area contributed by atoms with Crippen LogP contribution in [0, 0.1) is 5.82 Å². The second-order valence-corrected chi connectivity index (χ2v) is 6.20. The second kappa shape index (κ2) is 7.23. The molecule has 0 unspecified atom stereocenters. The minimum atomic E-state index is -0.828. The van der Waals surface area contributed by atoms with E-state index >= 15 is 0 Å². The summed E-state index contributed by atoms with van der Waals surface area (Å²) in [7, 11) is 0. The van der Waals surface area contributed by atoms with Crippen molar-refractivity contribution in [3.05, 3.63) is 34.6 Å². The van der Waals surface area contributed by atoms with E-state index in [9.17, 15) is 14.3 Å². The Labute approximate surface area is 129 Å². The molecule has 1 amide bonds. The molecule has 0 spiro atoms. The highest BCUT2D eigenvalue weighted by atomic mass is 35.5. The van der Waals surface area contributed by atoms with Crippen LogP contribution in [0.3, 0.4) is 0 Å². The summed E-state index contributed by atoms with van der Waals surface area (Å²) in [4.78, 5) is 11.9. The molecular weight excluding hydrogens is 293 g/mol. The van der Waals surface area contributed by atoms with Crippen LogP contribution in [0.5, 0.6) is 0 Å². The predicted octanol–water partition coefficient (Wildman–Crippen LogP) is 3.22. The van der Waals surface area contributed by atoms with Gasteiger partial charge in [0.25, 0.3) is 0 Å². The fourth-order valence-corrected chi connectivity index (χ4v) is 2.98. The fourth-order valence-electron chi connectivity index (χ4n) is 2.75. The zero-order valence-corrected chi connectivity index (χ0v) is 12.8. The third-order valence-corrected chi connectivity index (χ3v) is 4.40. The SMILES string of the molecule is O=C(Cc1c(F)cccc1Cl)NCC1(O)CCCCCC1. The summed E-state index contributed by atoms with van der Waals surface area (Å²) in [5, 5.41) is 13.4. The van der Waals surface area contributed by atoms with Crippen LogP contribution < -0.4 is 5.32 Å². The molecule has 1 saturated carbocycles. The summed E-state index contributed by atoms with van der Waals surface area (Å²) in [6.45, 7) is 0.220. The monoisotopic (exact) mass is 313 g/mol. The van der Waals surface area contributed by atoms with E-state index in [2.05, 4.69) is 5.32 Å². The van der Waals surface area contributed by atoms with Gasteiger partial charge in [-0.25, -0.2) is 4.39 Å². The molecule has 1 aliphatic carbocycles. The molecule has 0 heterocycles. The number of hydrogen-bond donors (Lipinski definition) is 2. The lowest BCUT2D eigenvalue weighted by Gasteiger charge is -2.26. The van der Waals surface area contributed by atoms with Crippen LogP contribution in [0.2, 0.25) is 5.02 Å². The van der Waals surface area contributed by atoms with E-state index in [1.165, 1.54) is 12.1 Å². The summed E-state index contributed by atoms with van der Waals surface area (Å²) in [6, 6.07) is 4.35. The van der Waals surface area contributed by atoms with Gasteiger partial charge in [0.2, 0.25) is 5.91 Å². The molecule has 1 aromatic carbocycles. The highest BCUT2D eigenvalue weighted by molar-refractivity contribution is 6.31. The number of hydrogen-bond acceptors (Lipinski definition) is 2. The molecular formula is C16H21ClFNO2. The van der Waals surface area contributed by atoms with Gasteiger partial charge in [0.05, 0.1) is 12.0 Å². The Morgan fingerprint density at radius 3 is 2.57 bits per heavy atom. The molecule has 0 aromatic heterocycles. The van der Waals surface area contributed by atoms with Gasteiger partial charge in [-0.15, -0.1) is 0 Å². The summed E-state index contributed by atoms with van der Waals surface area (Å²) < 4.78 is 13.6. The largest absolute Gasteiger partial charge is 0.388 e. The fraction of sp³-hybridized carbons (Fsp3) is 0.562. The van der Waals surface area contributed by atoms with E-state index in [1.54, 1.807) is 6.07 Å². The normalized spacial score (nSPS) is 18.0. The Bertz CT molecular complexity index is 479. The van der Waals surface area contributed by atoms with E-state index in [0.717, 1.165) is 25.7 Å². The van der Waals surface area contributed by atoms with Crippen molar-refractivity contribution in [1.29, 1.82) is 0 Å². The van der Waals surface area contributed by atoms with Gasteiger partial charge in [0.15, 0.2) is 0 Å². The van der Waals surface area contributed by atoms with Crippen molar-refractivity contribution < 1.29 is 14.3 Å². The van der Waals surface area contributed by atoms with Crippen LogP contribution in [0.4, 0.5) is 4.39 Å². The molecule has 1 aromatic rings. The van der Waals surface area contributed by atoms with Gasteiger partial charge in [-0.2, -0.15) is 0 Å². The van der Waals surface area contributed by atoms with Crippen LogP contribution in [-0.2, 0) is 11.2 Å². The standard InChI is InChI=1S/C16H21ClFNO2/c17-13-6-5-7-14(18)12(13)10-15(20)19-11-16(21)8-3-1-2-4-9-16/h5-7,21H,1-4,8-11H2,(H,19,20). The highest BCUT2D eigenvalue weighted by Gasteiger charge is 2.28. The van der Waals surface area contributed by atoms with Gasteiger partial charge in [0.1, 0.15) is 5.82 Å². The van der Waals surface area contributed by atoms with Crippen molar-refractivity contribution in [1.82, 2.24) is 5.32 Å². The maximum atomic E-state index is 13.6. The molecule has 0 bridgehead atoms. The third-order valence-electron chi connectivity index (χ3n) is 4.05. The van der Waals surface area contributed by atoms with Crippen LogP contribution >= 0.6 is 11.6 Å². The first-order chi connectivity index (χ1) is 10.0. The molecule has 0 saturated heterocycles. The van der Waals surface area contributed by atoms with Gasteiger partial charge in [-0.05, 0) is 25.0 Å². The van der Waals surface area contributed by atoms with Gasteiger partial charge < -0.3 is 10.4 Å². The van der Waals surface area contributed by atoms with Gasteiger partial charge in [-0.3, -0.25) is 4.79 Å². The average Bonchev–Trinajstić information content (AvgIpc) is 2.66. The smallest absolute Gasteiger partial charge is 0.224 e. The number of benzene rings is 1. The lowest BCUT2D eigenvalue weighted by atomic mass is 9.94. The predicted molar refractivity (Wildman–Crippen MR) is 80.8 cm³/mol. The van der Waals surface area contributed by atoms with E-state index in [4.69, 9.17) is 11.6 Å². The number of carbonyl (C=O) groups is 1. The second-order valence-electron chi connectivity index (χ2n) is 5.79. The van der Waals surface area contributed by atoms with Crippen molar-refractivity contribution in [2.75, 3.05) is 6.54 Å². The Balaban J connectivity index is 1.90. The maximum absolute atomic E-state index is 13.6. The molecule has 2 N–H and O–H groups in total. The lowest BCUT2D eigenvalue weighted by molar-refractivity contribution is -0.121. The minimum absolute atomic E-state index is 0.110. The topological polar surface area (TPSA) is 49.3 Å². The summed E-state index contributed by atoms with van der Waals surface area (Å²) in [5.41, 5.74) is -0.630. The van der Waals surface area contributed by atoms with Crippen molar-refractivity contribution in [3.8, 4) is 0 Å². The summed E-state index contributed by atoms with van der Waals surface area (Å²) in [5.74, 6) is -0.800. The maximum Gasteiger partial charge on any atom is 0.224 e. The zero-order valence-electron chi connectivity index (χ0n) is 12.0. The van der Waals surface area contributed by atoms with E-state index in [0.29, 0.717) is 12.8 Å². The zero-order chi connectivity index (χ0) is 15.3. The van der Waals surface area contributed by atoms with Crippen molar-refractivity contribution in [2.45, 2.75) is 50.5 Å². The quantitative estimate of drug-likeness (QED) is 0.839. The minimum Gasteiger partial charge on any atom is -0.388 e. The molecule has 116 valence electrons. The van der Waals surface area contributed by atoms with Crippen molar-refractivity contribution in [3.63, 3.8) is 0 Å². The van der Waals surface area contributed by atoms with Crippen molar-refractivity contribution >= 4 is 17.5 Å². The first-order valence-electron chi connectivity index (χ1n) is 7.42. The number of nitrogens with one attached hydrogen (secondary N) is 1. The first-order valence-corrected chi connectivity index (χ1v) is 7.80. The molecule has 1 aliphatic rings. The van der Waals surface area contributed by atoms with E-state index < -0.39 is 11.4 Å². The van der Waals surface area contributed by atoms with Gasteiger partial charge >= 0.3 is 0 Å². The Morgan fingerprint density at radius 1 is 1.29 bits per heavy atom. The van der Waals surface area contributed by atoms with E-state index in [1.807, 2.05) is 0 Å². The van der Waals surface area contributed by atoms with Crippen LogP contribution in [0.25, 0.3) is 0 Å². The van der Waals surface area contributed by atoms with E-state index in [-0.39, 0.29) is 29.5 Å². The summed E-state index contributed by atoms with van der Waals surface area (Å²) >= 11 is 5.90. The molecule has 5 heteroatoms. The van der Waals surface area contributed by atoms with Gasteiger partial charge in [0, 0.05) is 17.1 Å². The number of amides is 1. The first kappa shape index (κ1) is 16.2. The Kier molecular flexibility index (Phi) is 5.59. The molecule has 3 nitrogen and oxygen atoms in total. The summed E-state index contributed by atoms with van der Waals surface area (Å²) in [6.07, 6.45) is 5.50. The number of halogens is 2.